The molecule has 2 aromatic rings. The fourth-order valence-corrected chi connectivity index (χ4v) is 6.17. The molecule has 2 amide bonds. The predicted molar refractivity (Wildman–Crippen MR) is 130 cm³/mol. The molecule has 2 saturated heterocycles. The minimum Gasteiger partial charge on any atom is -0.455 e. The number of carbonyl (C=O) groups excluding carboxylic acids is 2. The summed E-state index contributed by atoms with van der Waals surface area (Å²) in [6.45, 7) is 6.24. The molecule has 0 bridgehead atoms. The molecular weight excluding hydrogens is 456 g/mol. The lowest BCUT2D eigenvalue weighted by Crippen LogP contribution is -2.35. The van der Waals surface area contributed by atoms with E-state index < -0.39 is 22.0 Å². The highest BCUT2D eigenvalue weighted by Gasteiger charge is 2.32. The van der Waals surface area contributed by atoms with E-state index in [4.69, 9.17) is 4.42 Å². The summed E-state index contributed by atoms with van der Waals surface area (Å²) in [6.07, 6.45) is 4.07. The van der Waals surface area contributed by atoms with Crippen LogP contribution in [0.5, 0.6) is 0 Å². The van der Waals surface area contributed by atoms with Crippen molar-refractivity contribution in [1.82, 2.24) is 9.62 Å². The third-order valence-corrected chi connectivity index (χ3v) is 8.26. The maximum absolute atomic E-state index is 12.8. The average molecular weight is 489 g/mol. The van der Waals surface area contributed by atoms with E-state index in [1.165, 1.54) is 30.1 Å². The second-order valence-electron chi connectivity index (χ2n) is 9.01. The van der Waals surface area contributed by atoms with Crippen molar-refractivity contribution in [1.29, 1.82) is 0 Å². The lowest BCUT2D eigenvalue weighted by molar-refractivity contribution is -0.116. The zero-order valence-corrected chi connectivity index (χ0v) is 20.5. The van der Waals surface area contributed by atoms with Crippen LogP contribution >= 0.6 is 0 Å². The molecule has 34 heavy (non-hydrogen) atoms. The van der Waals surface area contributed by atoms with Crippen molar-refractivity contribution < 1.29 is 22.4 Å². The van der Waals surface area contributed by atoms with Gasteiger partial charge >= 0.3 is 0 Å². The Kier molecular flexibility index (Phi) is 7.27. The van der Waals surface area contributed by atoms with Crippen LogP contribution in [0.15, 0.2) is 39.6 Å². The van der Waals surface area contributed by atoms with Crippen LogP contribution in [0.25, 0.3) is 0 Å². The molecule has 1 aromatic carbocycles. The van der Waals surface area contributed by atoms with Crippen LogP contribution in [0.3, 0.4) is 0 Å². The minimum atomic E-state index is -3.68. The SMILES string of the molecule is Cc1oc(C(=O)NC(C)CC(=O)Nc2cccc(N3CCCC3)c2)cc1S(=O)(=O)N1CCCC1. The summed E-state index contributed by atoms with van der Waals surface area (Å²) in [5, 5.41) is 5.61. The van der Waals surface area contributed by atoms with Crippen molar-refractivity contribution in [2.75, 3.05) is 36.4 Å². The Bertz CT molecular complexity index is 1150. The summed E-state index contributed by atoms with van der Waals surface area (Å²) in [5.74, 6) is -0.678. The second kappa shape index (κ2) is 10.2. The molecule has 1 aromatic heterocycles. The van der Waals surface area contributed by atoms with Crippen molar-refractivity contribution in [2.24, 2.45) is 0 Å². The molecule has 4 rings (SSSR count). The number of rotatable bonds is 8. The Morgan fingerprint density at radius 3 is 2.44 bits per heavy atom. The van der Waals surface area contributed by atoms with E-state index in [1.54, 1.807) is 6.92 Å². The number of amides is 2. The molecule has 2 fully saturated rings. The van der Waals surface area contributed by atoms with Crippen LogP contribution in [-0.4, -0.2) is 56.8 Å². The quantitative estimate of drug-likeness (QED) is 0.591. The summed E-state index contributed by atoms with van der Waals surface area (Å²) >= 11 is 0. The van der Waals surface area contributed by atoms with Gasteiger partial charge in [-0.25, -0.2) is 8.42 Å². The molecule has 9 nitrogen and oxygen atoms in total. The van der Waals surface area contributed by atoms with Gasteiger partial charge in [-0.2, -0.15) is 4.31 Å². The van der Waals surface area contributed by atoms with Crippen molar-refractivity contribution >= 4 is 33.2 Å². The van der Waals surface area contributed by atoms with Crippen molar-refractivity contribution in [2.45, 2.75) is 56.9 Å². The molecule has 0 spiro atoms. The topological polar surface area (TPSA) is 112 Å². The lowest BCUT2D eigenvalue weighted by Gasteiger charge is -2.19. The minimum absolute atomic E-state index is 0.0165. The molecule has 0 saturated carbocycles. The van der Waals surface area contributed by atoms with E-state index in [0.29, 0.717) is 18.8 Å². The highest BCUT2D eigenvalue weighted by atomic mass is 32.2. The van der Waals surface area contributed by atoms with Gasteiger partial charge in [-0.1, -0.05) is 6.07 Å². The number of nitrogens with zero attached hydrogens (tertiary/aromatic N) is 2. The van der Waals surface area contributed by atoms with Gasteiger partial charge in [0.2, 0.25) is 15.9 Å². The Labute approximate surface area is 200 Å². The number of anilines is 2. The predicted octanol–water partition coefficient (Wildman–Crippen LogP) is 3.12. The Balaban J connectivity index is 1.33. The summed E-state index contributed by atoms with van der Waals surface area (Å²) in [6, 6.07) is 8.55. The fraction of sp³-hybridized carbons (Fsp3) is 0.500. The third-order valence-electron chi connectivity index (χ3n) is 6.25. The van der Waals surface area contributed by atoms with Crippen LogP contribution in [-0.2, 0) is 14.8 Å². The molecule has 184 valence electrons. The van der Waals surface area contributed by atoms with Gasteiger partial charge in [0.25, 0.3) is 5.91 Å². The van der Waals surface area contributed by atoms with E-state index in [2.05, 4.69) is 15.5 Å². The van der Waals surface area contributed by atoms with E-state index in [9.17, 15) is 18.0 Å². The maximum Gasteiger partial charge on any atom is 0.287 e. The third kappa shape index (κ3) is 5.44. The Hall–Kier alpha value is -2.85. The van der Waals surface area contributed by atoms with Gasteiger partial charge in [0, 0.05) is 56.1 Å². The number of benzene rings is 1. The average Bonchev–Trinajstić information content (AvgIpc) is 3.55. The van der Waals surface area contributed by atoms with Gasteiger partial charge in [0.15, 0.2) is 5.76 Å². The lowest BCUT2D eigenvalue weighted by atomic mass is 10.2. The highest BCUT2D eigenvalue weighted by Crippen LogP contribution is 2.27. The van der Waals surface area contributed by atoms with E-state index in [0.717, 1.165) is 31.6 Å². The number of hydrogen-bond donors (Lipinski definition) is 2. The highest BCUT2D eigenvalue weighted by molar-refractivity contribution is 7.89. The van der Waals surface area contributed by atoms with Crippen molar-refractivity contribution in [3.8, 4) is 0 Å². The number of furan rings is 1. The number of sulfonamides is 1. The summed E-state index contributed by atoms with van der Waals surface area (Å²) in [4.78, 5) is 27.5. The van der Waals surface area contributed by atoms with Gasteiger partial charge in [0.1, 0.15) is 10.7 Å². The van der Waals surface area contributed by atoms with Crippen molar-refractivity contribution in [3.05, 3.63) is 41.9 Å². The number of hydrogen-bond acceptors (Lipinski definition) is 6. The van der Waals surface area contributed by atoms with Crippen LogP contribution in [0.2, 0.25) is 0 Å². The molecule has 3 heterocycles. The Morgan fingerprint density at radius 2 is 1.74 bits per heavy atom. The second-order valence-corrected chi connectivity index (χ2v) is 10.9. The van der Waals surface area contributed by atoms with Gasteiger partial charge in [-0.05, 0) is 57.7 Å². The van der Waals surface area contributed by atoms with Gasteiger partial charge in [-0.15, -0.1) is 0 Å². The van der Waals surface area contributed by atoms with E-state index in [-0.39, 0.29) is 28.7 Å². The van der Waals surface area contributed by atoms with Crippen LogP contribution in [0.4, 0.5) is 11.4 Å². The standard InChI is InChI=1S/C24H32N4O5S/c1-17(14-23(29)26-19-8-7-9-20(15-19)27-10-3-4-11-27)25-24(30)21-16-22(18(2)33-21)34(31,32)28-12-5-6-13-28/h7-9,15-17H,3-6,10-14H2,1-2H3,(H,25,30)(H,26,29). The molecule has 2 aliphatic heterocycles. The molecule has 2 aliphatic rings. The number of aryl methyl sites for hydroxylation is 1. The normalized spacial score (nSPS) is 17.6. The largest absolute Gasteiger partial charge is 0.455 e. The van der Waals surface area contributed by atoms with Gasteiger partial charge in [-0.3, -0.25) is 9.59 Å². The smallest absolute Gasteiger partial charge is 0.287 e. The molecular formula is C24H32N4O5S. The molecule has 10 heteroatoms. The first kappa shape index (κ1) is 24.3. The molecule has 0 aliphatic carbocycles. The summed E-state index contributed by atoms with van der Waals surface area (Å²) in [5.41, 5.74) is 1.80. The van der Waals surface area contributed by atoms with Crippen LogP contribution in [0.1, 0.15) is 55.3 Å². The first-order valence-electron chi connectivity index (χ1n) is 11.8. The van der Waals surface area contributed by atoms with Crippen LogP contribution in [0, 0.1) is 6.92 Å². The fourth-order valence-electron chi connectivity index (χ4n) is 4.49. The maximum atomic E-state index is 12.8. The van der Waals surface area contributed by atoms with E-state index >= 15 is 0 Å². The number of carbonyl (C=O) groups is 2. The van der Waals surface area contributed by atoms with Gasteiger partial charge < -0.3 is 20.0 Å². The summed E-state index contributed by atoms with van der Waals surface area (Å²) < 4.78 is 32.5. The van der Waals surface area contributed by atoms with E-state index in [1.807, 2.05) is 24.3 Å². The zero-order chi connectivity index (χ0) is 24.3. The summed E-state index contributed by atoms with van der Waals surface area (Å²) in [7, 11) is -3.68. The first-order chi connectivity index (χ1) is 16.2. The molecule has 1 atom stereocenters. The Morgan fingerprint density at radius 1 is 1.06 bits per heavy atom. The van der Waals surface area contributed by atoms with Crippen molar-refractivity contribution in [3.63, 3.8) is 0 Å². The zero-order valence-electron chi connectivity index (χ0n) is 19.7. The molecule has 0 radical (unpaired) electrons. The van der Waals surface area contributed by atoms with Crippen LogP contribution < -0.4 is 15.5 Å². The number of nitrogens with one attached hydrogen (secondary N) is 2. The first-order valence-corrected chi connectivity index (χ1v) is 13.2. The molecule has 1 unspecified atom stereocenters. The van der Waals surface area contributed by atoms with Gasteiger partial charge in [0.05, 0.1) is 0 Å². The monoisotopic (exact) mass is 488 g/mol. The molecule has 2 N–H and O–H groups in total.